The summed E-state index contributed by atoms with van der Waals surface area (Å²) in [5.41, 5.74) is 1.48. The number of nitrogens with one attached hydrogen (secondary N) is 1. The summed E-state index contributed by atoms with van der Waals surface area (Å²) in [6, 6.07) is 16.1. The zero-order valence-electron chi connectivity index (χ0n) is 15.4. The zero-order chi connectivity index (χ0) is 19.9. The van der Waals surface area contributed by atoms with Gasteiger partial charge in [0.05, 0.1) is 11.9 Å². The van der Waals surface area contributed by atoms with Gasteiger partial charge in [0.15, 0.2) is 6.10 Å². The van der Waals surface area contributed by atoms with Gasteiger partial charge in [0.2, 0.25) is 0 Å². The van der Waals surface area contributed by atoms with Crippen LogP contribution in [0.3, 0.4) is 0 Å². The number of hydrogen-bond donors (Lipinski definition) is 1. The van der Waals surface area contributed by atoms with Crippen LogP contribution in [0.1, 0.15) is 18.9 Å². The van der Waals surface area contributed by atoms with E-state index in [1.165, 1.54) is 6.07 Å². The first-order valence-corrected chi connectivity index (χ1v) is 9.41. The van der Waals surface area contributed by atoms with Crippen LogP contribution in [0.2, 0.25) is 5.02 Å². The molecule has 0 aliphatic carbocycles. The highest BCUT2D eigenvalue weighted by molar-refractivity contribution is 6.31. The molecule has 3 aromatic rings. The molecule has 1 N–H and O–H groups in total. The van der Waals surface area contributed by atoms with E-state index in [0.717, 1.165) is 5.69 Å². The Morgan fingerprint density at radius 1 is 1.21 bits per heavy atom. The first-order valence-electron chi connectivity index (χ1n) is 9.03. The molecule has 146 valence electrons. The maximum atomic E-state index is 13.6. The van der Waals surface area contributed by atoms with Crippen molar-refractivity contribution < 1.29 is 13.9 Å². The van der Waals surface area contributed by atoms with Gasteiger partial charge in [-0.15, -0.1) is 5.10 Å². The van der Waals surface area contributed by atoms with Crippen molar-refractivity contribution in [3.8, 4) is 11.6 Å². The SMILES string of the molecule is CC(Oc1nn(-c2ccccc2)cc1Cl)C(=O)NCCCc1ccccc1F. The fraction of sp³-hybridized carbons (Fsp3) is 0.238. The van der Waals surface area contributed by atoms with Gasteiger partial charge >= 0.3 is 0 Å². The lowest BCUT2D eigenvalue weighted by Crippen LogP contribution is -2.37. The molecule has 0 spiro atoms. The first-order chi connectivity index (χ1) is 13.5. The minimum atomic E-state index is -0.759. The highest BCUT2D eigenvalue weighted by Crippen LogP contribution is 2.25. The van der Waals surface area contributed by atoms with Gasteiger partial charge in [-0.1, -0.05) is 48.0 Å². The molecule has 1 aromatic heterocycles. The molecule has 1 atom stereocenters. The normalized spacial score (nSPS) is 11.8. The minimum absolute atomic E-state index is 0.194. The summed E-state index contributed by atoms with van der Waals surface area (Å²) in [4.78, 5) is 12.2. The Labute approximate surface area is 168 Å². The van der Waals surface area contributed by atoms with E-state index in [-0.39, 0.29) is 17.6 Å². The summed E-state index contributed by atoms with van der Waals surface area (Å²) in [5.74, 6) is -0.312. The van der Waals surface area contributed by atoms with Crippen molar-refractivity contribution in [1.29, 1.82) is 0 Å². The smallest absolute Gasteiger partial charge is 0.260 e. The van der Waals surface area contributed by atoms with E-state index in [4.69, 9.17) is 16.3 Å². The van der Waals surface area contributed by atoms with Crippen molar-refractivity contribution in [3.63, 3.8) is 0 Å². The van der Waals surface area contributed by atoms with Gasteiger partial charge in [-0.3, -0.25) is 4.79 Å². The van der Waals surface area contributed by atoms with Crippen molar-refractivity contribution in [2.24, 2.45) is 0 Å². The van der Waals surface area contributed by atoms with E-state index in [9.17, 15) is 9.18 Å². The summed E-state index contributed by atoms with van der Waals surface area (Å²) >= 11 is 6.18. The van der Waals surface area contributed by atoms with Crippen LogP contribution >= 0.6 is 11.6 Å². The second-order valence-electron chi connectivity index (χ2n) is 6.31. The number of aromatic nitrogens is 2. The van der Waals surface area contributed by atoms with Gasteiger partial charge in [0.25, 0.3) is 11.8 Å². The van der Waals surface area contributed by atoms with Crippen molar-refractivity contribution in [3.05, 3.63) is 77.2 Å². The molecule has 0 saturated carbocycles. The van der Waals surface area contributed by atoms with Gasteiger partial charge < -0.3 is 10.1 Å². The average molecular weight is 402 g/mol. The molecule has 2 aromatic carbocycles. The number of ether oxygens (including phenoxy) is 1. The molecule has 0 fully saturated rings. The van der Waals surface area contributed by atoms with Gasteiger partial charge in [0, 0.05) is 6.54 Å². The number of hydrogen-bond acceptors (Lipinski definition) is 3. The Morgan fingerprint density at radius 2 is 1.93 bits per heavy atom. The van der Waals surface area contributed by atoms with Crippen LogP contribution in [0.25, 0.3) is 5.69 Å². The quantitative estimate of drug-likeness (QED) is 0.576. The lowest BCUT2D eigenvalue weighted by atomic mass is 10.1. The molecule has 1 amide bonds. The number of aryl methyl sites for hydroxylation is 1. The van der Waals surface area contributed by atoms with Gasteiger partial charge in [0.1, 0.15) is 10.8 Å². The maximum Gasteiger partial charge on any atom is 0.260 e. The van der Waals surface area contributed by atoms with Crippen molar-refractivity contribution >= 4 is 17.5 Å². The topological polar surface area (TPSA) is 56.2 Å². The number of nitrogens with zero attached hydrogens (tertiary/aromatic N) is 2. The van der Waals surface area contributed by atoms with E-state index in [0.29, 0.717) is 30.0 Å². The number of carbonyl (C=O) groups excluding carboxylic acids is 1. The molecule has 0 saturated heterocycles. The van der Waals surface area contributed by atoms with Gasteiger partial charge in [-0.25, -0.2) is 9.07 Å². The van der Waals surface area contributed by atoms with Crippen LogP contribution in [-0.2, 0) is 11.2 Å². The Morgan fingerprint density at radius 3 is 2.68 bits per heavy atom. The number of rotatable bonds is 8. The average Bonchev–Trinajstić information content (AvgIpc) is 3.07. The van der Waals surface area contributed by atoms with E-state index in [2.05, 4.69) is 10.4 Å². The Bertz CT molecular complexity index is 930. The molecular formula is C21H21ClFN3O2. The van der Waals surface area contributed by atoms with Crippen LogP contribution in [0.5, 0.6) is 5.88 Å². The molecule has 0 bridgehead atoms. The summed E-state index contributed by atoms with van der Waals surface area (Å²) in [7, 11) is 0. The summed E-state index contributed by atoms with van der Waals surface area (Å²) in [6.45, 7) is 2.05. The first kappa shape index (κ1) is 19.9. The van der Waals surface area contributed by atoms with Crippen molar-refractivity contribution in [2.75, 3.05) is 6.54 Å². The molecule has 5 nitrogen and oxygen atoms in total. The number of para-hydroxylation sites is 1. The van der Waals surface area contributed by atoms with Crippen LogP contribution < -0.4 is 10.1 Å². The van der Waals surface area contributed by atoms with Crippen molar-refractivity contribution in [1.82, 2.24) is 15.1 Å². The standard InChI is InChI=1S/C21H21ClFN3O2/c1-15(20(27)24-13-7-9-16-8-5-6-12-19(16)23)28-21-18(22)14-26(25-21)17-10-3-2-4-11-17/h2-6,8,10-12,14-15H,7,9,13H2,1H3,(H,24,27). The molecule has 0 aliphatic rings. The molecule has 1 unspecified atom stereocenters. The Balaban J connectivity index is 1.49. The molecular weight excluding hydrogens is 381 g/mol. The van der Waals surface area contributed by atoms with Crippen molar-refractivity contribution in [2.45, 2.75) is 25.9 Å². The molecule has 0 radical (unpaired) electrons. The second kappa shape index (κ2) is 9.37. The second-order valence-corrected chi connectivity index (χ2v) is 6.72. The van der Waals surface area contributed by atoms with Gasteiger partial charge in [-0.2, -0.15) is 0 Å². The van der Waals surface area contributed by atoms with Crippen LogP contribution in [0.15, 0.2) is 60.8 Å². The van der Waals surface area contributed by atoms with Crippen LogP contribution in [0.4, 0.5) is 4.39 Å². The summed E-state index contributed by atoms with van der Waals surface area (Å²) in [6.07, 6.45) is 2.05. The lowest BCUT2D eigenvalue weighted by Gasteiger charge is -2.13. The minimum Gasteiger partial charge on any atom is -0.462 e. The highest BCUT2D eigenvalue weighted by Gasteiger charge is 2.18. The molecule has 3 rings (SSSR count). The predicted octanol–water partition coefficient (Wildman–Crippen LogP) is 4.18. The molecule has 1 heterocycles. The number of amides is 1. The number of benzene rings is 2. The third kappa shape index (κ3) is 5.10. The Kier molecular flexibility index (Phi) is 6.66. The van der Waals surface area contributed by atoms with Gasteiger partial charge in [-0.05, 0) is 43.5 Å². The number of halogens is 2. The summed E-state index contributed by atoms with van der Waals surface area (Å²) in [5, 5.41) is 7.40. The third-order valence-corrected chi connectivity index (χ3v) is 4.46. The maximum absolute atomic E-state index is 13.6. The monoisotopic (exact) mass is 401 g/mol. The fourth-order valence-electron chi connectivity index (χ4n) is 2.69. The zero-order valence-corrected chi connectivity index (χ0v) is 16.2. The number of carbonyl (C=O) groups is 1. The largest absolute Gasteiger partial charge is 0.462 e. The molecule has 28 heavy (non-hydrogen) atoms. The molecule has 0 aliphatic heterocycles. The highest BCUT2D eigenvalue weighted by atomic mass is 35.5. The third-order valence-electron chi connectivity index (χ3n) is 4.20. The van der Waals surface area contributed by atoms with E-state index >= 15 is 0 Å². The summed E-state index contributed by atoms with van der Waals surface area (Å²) < 4.78 is 20.8. The fourth-order valence-corrected chi connectivity index (χ4v) is 2.86. The van der Waals surface area contributed by atoms with Crippen LogP contribution in [-0.4, -0.2) is 28.3 Å². The lowest BCUT2D eigenvalue weighted by molar-refractivity contribution is -0.127. The Hall–Kier alpha value is -2.86. The van der Waals surface area contributed by atoms with E-state index in [1.807, 2.05) is 30.3 Å². The van der Waals surface area contributed by atoms with Crippen LogP contribution in [0, 0.1) is 5.82 Å². The van der Waals surface area contributed by atoms with E-state index in [1.54, 1.807) is 36.0 Å². The predicted molar refractivity (Wildman–Crippen MR) is 106 cm³/mol. The van der Waals surface area contributed by atoms with E-state index < -0.39 is 6.10 Å². The molecule has 7 heteroatoms.